The summed E-state index contributed by atoms with van der Waals surface area (Å²) in [5.74, 6) is 0.103. The van der Waals surface area contributed by atoms with Gasteiger partial charge in [-0.3, -0.25) is 14.5 Å². The van der Waals surface area contributed by atoms with Crippen molar-refractivity contribution in [2.24, 2.45) is 0 Å². The van der Waals surface area contributed by atoms with E-state index in [1.165, 1.54) is 6.07 Å². The maximum absolute atomic E-state index is 12.4. The lowest BCUT2D eigenvalue weighted by Gasteiger charge is -2.28. The molecule has 0 unspecified atom stereocenters. The van der Waals surface area contributed by atoms with Crippen molar-refractivity contribution in [1.82, 2.24) is 14.9 Å². The second-order valence-electron chi connectivity index (χ2n) is 8.54. The fraction of sp³-hybridized carbons (Fsp3) is 0.172. The summed E-state index contributed by atoms with van der Waals surface area (Å²) in [7, 11) is 0. The summed E-state index contributed by atoms with van der Waals surface area (Å²) in [6.07, 6.45) is 0.877. The highest BCUT2D eigenvalue weighted by atomic mass is 127. The van der Waals surface area contributed by atoms with E-state index in [1.807, 2.05) is 24.3 Å². The van der Waals surface area contributed by atoms with Gasteiger partial charge in [-0.1, -0.05) is 70.1 Å². The molecule has 0 fully saturated rings. The predicted octanol–water partition coefficient (Wildman–Crippen LogP) is 9.13. The minimum Gasteiger partial charge on any atom is -0.506 e. The Balaban J connectivity index is 0.000000211. The number of halogens is 6. The molecule has 0 atom stereocenters. The first-order valence-corrected chi connectivity index (χ1v) is 16.6. The summed E-state index contributed by atoms with van der Waals surface area (Å²) >= 11 is 25.1. The number of ketones is 1. The van der Waals surface area contributed by atoms with Crippen LogP contribution in [0.25, 0.3) is 0 Å². The number of aryl methyl sites for hydroxylation is 1. The van der Waals surface area contributed by atoms with E-state index >= 15 is 0 Å². The van der Waals surface area contributed by atoms with E-state index in [2.05, 4.69) is 64.4 Å². The molecule has 1 N–H and O–H groups in total. The summed E-state index contributed by atoms with van der Waals surface area (Å²) in [4.78, 5) is 34.1. The minimum absolute atomic E-state index is 0.0932. The molecular weight excluding hydrogens is 847 g/mol. The number of benzene rings is 2. The number of aromatic hydroxyl groups is 1. The minimum atomic E-state index is -0.186. The molecule has 0 aliphatic carbocycles. The van der Waals surface area contributed by atoms with E-state index < -0.39 is 0 Å². The van der Waals surface area contributed by atoms with Crippen LogP contribution < -0.4 is 4.74 Å². The molecule has 4 aromatic rings. The van der Waals surface area contributed by atoms with E-state index in [0.717, 1.165) is 11.1 Å². The van der Waals surface area contributed by atoms with Crippen molar-refractivity contribution in [1.29, 1.82) is 0 Å². The molecule has 1 aliphatic heterocycles. The first-order chi connectivity index (χ1) is 20.1. The highest BCUT2D eigenvalue weighted by molar-refractivity contribution is 14.1. The second kappa shape index (κ2) is 17.4. The summed E-state index contributed by atoms with van der Waals surface area (Å²) in [6, 6.07) is 21.2. The highest BCUT2D eigenvalue weighted by Crippen LogP contribution is 2.26. The number of hydrogen-bond donors (Lipinski definition) is 1. The molecule has 7 nitrogen and oxygen atoms in total. The third-order valence-corrected chi connectivity index (χ3v) is 7.02. The van der Waals surface area contributed by atoms with Crippen molar-refractivity contribution < 1.29 is 19.4 Å². The van der Waals surface area contributed by atoms with Crippen LogP contribution in [0.2, 0.25) is 10.0 Å². The van der Waals surface area contributed by atoms with E-state index in [4.69, 9.17) is 39.5 Å². The van der Waals surface area contributed by atoms with Gasteiger partial charge < -0.3 is 9.84 Å². The Labute approximate surface area is 288 Å². The number of pyridine rings is 2. The molecule has 220 valence electrons. The number of ether oxygens (including phenoxy) is 1. The predicted molar refractivity (Wildman–Crippen MR) is 181 cm³/mol. The lowest BCUT2D eigenvalue weighted by atomic mass is 10.1. The van der Waals surface area contributed by atoms with Crippen molar-refractivity contribution >= 4 is 101 Å². The van der Waals surface area contributed by atoms with Crippen LogP contribution >= 0.6 is 89.3 Å². The Bertz CT molecular complexity index is 1510. The van der Waals surface area contributed by atoms with Crippen LogP contribution in [-0.4, -0.2) is 42.3 Å². The van der Waals surface area contributed by atoms with Crippen molar-refractivity contribution in [2.75, 3.05) is 10.6 Å². The summed E-state index contributed by atoms with van der Waals surface area (Å²) in [5.41, 5.74) is 2.44. The van der Waals surface area contributed by atoms with Crippen LogP contribution in [0, 0.1) is 0 Å². The number of Topliss-reactive ketones (excluding diaryl/α,β-unsaturated/α-hetero) is 1. The van der Waals surface area contributed by atoms with Crippen molar-refractivity contribution in [3.63, 3.8) is 0 Å². The molecule has 5 rings (SSSR count). The van der Waals surface area contributed by atoms with Gasteiger partial charge in [0.25, 0.3) is 5.91 Å². The van der Waals surface area contributed by atoms with Crippen LogP contribution in [0.15, 0.2) is 82.0 Å². The van der Waals surface area contributed by atoms with E-state index in [0.29, 0.717) is 54.0 Å². The Hall–Kier alpha value is -1.96. The van der Waals surface area contributed by atoms with Gasteiger partial charge in [0, 0.05) is 23.0 Å². The normalized spacial score (nSPS) is 11.8. The molecule has 0 radical (unpaired) electrons. The molecule has 0 saturated carbocycles. The van der Waals surface area contributed by atoms with Crippen LogP contribution in [0.4, 0.5) is 0 Å². The monoisotopic (exact) mass is 867 g/mol. The zero-order valence-corrected chi connectivity index (χ0v) is 29.3. The summed E-state index contributed by atoms with van der Waals surface area (Å²) in [6.45, 7) is 0.682. The molecule has 0 saturated heterocycles. The first kappa shape index (κ1) is 34.5. The first-order valence-electron chi connectivity index (χ1n) is 12.2. The average molecular weight is 871 g/mol. The average Bonchev–Trinajstić information content (AvgIpc) is 2.97. The van der Waals surface area contributed by atoms with Crippen LogP contribution in [0.3, 0.4) is 0 Å². The van der Waals surface area contributed by atoms with Crippen LogP contribution in [-0.2, 0) is 13.0 Å². The zero-order chi connectivity index (χ0) is 30.6. The lowest BCUT2D eigenvalue weighted by molar-refractivity contribution is 0.0487. The van der Waals surface area contributed by atoms with Crippen molar-refractivity contribution in [2.45, 2.75) is 19.4 Å². The molecule has 3 heterocycles. The highest BCUT2D eigenvalue weighted by Gasteiger charge is 2.27. The Morgan fingerprint density at radius 1 is 0.905 bits per heavy atom. The smallest absolute Gasteiger partial charge is 0.279 e. The molecule has 2 aromatic heterocycles. The van der Waals surface area contributed by atoms with Gasteiger partial charge in [0.05, 0.1) is 3.89 Å². The Morgan fingerprint density at radius 3 is 2.07 bits per heavy atom. The molecule has 0 spiro atoms. The molecule has 13 heteroatoms. The largest absolute Gasteiger partial charge is 0.506 e. The van der Waals surface area contributed by atoms with Gasteiger partial charge >= 0.3 is 0 Å². The molecular formula is C29H23Br2Cl3IN3O4. The number of rotatable bonds is 6. The zero-order valence-electron chi connectivity index (χ0n) is 21.7. The fourth-order valence-electron chi connectivity index (χ4n) is 3.64. The van der Waals surface area contributed by atoms with Gasteiger partial charge in [-0.15, -0.1) is 11.6 Å². The van der Waals surface area contributed by atoms with E-state index in [-0.39, 0.29) is 29.9 Å². The Kier molecular flexibility index (Phi) is 14.3. The molecule has 1 aliphatic rings. The van der Waals surface area contributed by atoms with Gasteiger partial charge in [-0.2, -0.15) is 0 Å². The molecule has 42 heavy (non-hydrogen) atoms. The number of hydrogen-bond acceptors (Lipinski definition) is 6. The van der Waals surface area contributed by atoms with Gasteiger partial charge in [0.1, 0.15) is 20.6 Å². The lowest BCUT2D eigenvalue weighted by Crippen LogP contribution is -2.38. The van der Waals surface area contributed by atoms with Gasteiger partial charge in [-0.05, 0) is 97.9 Å². The van der Waals surface area contributed by atoms with E-state index in [1.54, 1.807) is 47.4 Å². The summed E-state index contributed by atoms with van der Waals surface area (Å²) in [5, 5.41) is 11.0. The molecule has 1 amide bonds. The van der Waals surface area contributed by atoms with Crippen molar-refractivity contribution in [3.05, 3.63) is 115 Å². The van der Waals surface area contributed by atoms with Gasteiger partial charge in [-0.25, -0.2) is 9.97 Å². The maximum atomic E-state index is 12.4. The number of carbonyl (C=O) groups is 2. The fourth-order valence-corrected chi connectivity index (χ4v) is 4.51. The van der Waals surface area contributed by atoms with Gasteiger partial charge in [0.2, 0.25) is 0 Å². The van der Waals surface area contributed by atoms with Gasteiger partial charge in [0.15, 0.2) is 24.0 Å². The SMILES string of the molecule is ClCI.O=C(CCc1ccc(Cl)cc1)c1nc(Br)ccc1O.O=C1c2nc(Br)ccc2OCN1Cc1ccc(Cl)cc1. The maximum Gasteiger partial charge on any atom is 0.279 e. The van der Waals surface area contributed by atoms with Crippen molar-refractivity contribution in [3.8, 4) is 11.5 Å². The quantitative estimate of drug-likeness (QED) is 0.0900. The Morgan fingerprint density at radius 2 is 1.45 bits per heavy atom. The molecule has 2 aromatic carbocycles. The number of aromatic nitrogens is 2. The topological polar surface area (TPSA) is 92.6 Å². The third-order valence-electron chi connectivity index (χ3n) is 5.63. The molecule has 0 bridgehead atoms. The number of nitrogens with zero attached hydrogens (tertiary/aromatic N) is 3. The number of carbonyl (C=O) groups excluding carboxylic acids is 2. The van der Waals surface area contributed by atoms with Crippen LogP contribution in [0.5, 0.6) is 11.5 Å². The number of amides is 1. The van der Waals surface area contributed by atoms with E-state index in [9.17, 15) is 14.7 Å². The summed E-state index contributed by atoms with van der Waals surface area (Å²) < 4.78 is 7.39. The second-order valence-corrected chi connectivity index (χ2v) is 13.0. The number of fused-ring (bicyclic) bond motifs is 1. The van der Waals surface area contributed by atoms with Crippen LogP contribution in [0.1, 0.15) is 38.5 Å². The number of alkyl halides is 2. The standard InChI is InChI=1S/C14H10BrClN2O2.C14H11BrClNO2.CH2ClI/c15-12-6-5-11-13(17-12)14(19)18(8-20-11)7-9-1-3-10(16)4-2-9;15-13-8-7-12(19)14(17-13)11(18)6-3-9-1-4-10(16)5-2-9;2-1-3/h1-6H,7-8H2;1-2,4-5,7-8,19H,3,6H2;1H2. The third kappa shape index (κ3) is 10.6.